The van der Waals surface area contributed by atoms with E-state index in [9.17, 15) is 4.79 Å². The largest absolute Gasteiger partial charge is 0.497 e. The molecule has 0 spiro atoms. The fraction of sp³-hybridized carbons (Fsp3) is 0.400. The smallest absolute Gasteiger partial charge is 0.324 e. The van der Waals surface area contributed by atoms with E-state index in [0.717, 1.165) is 48.4 Å². The molecular formula is C25H30N4O3. The van der Waals surface area contributed by atoms with Crippen LogP contribution < -0.4 is 14.5 Å². The molecule has 0 N–H and O–H groups in total. The van der Waals surface area contributed by atoms with E-state index < -0.39 is 0 Å². The molecule has 0 aliphatic carbocycles. The normalized spacial score (nSPS) is 16.1. The van der Waals surface area contributed by atoms with E-state index in [1.54, 1.807) is 7.11 Å². The van der Waals surface area contributed by atoms with Gasteiger partial charge in [-0.3, -0.25) is 4.79 Å². The summed E-state index contributed by atoms with van der Waals surface area (Å²) in [5.74, 6) is 1.37. The molecule has 1 saturated heterocycles. The molecule has 7 nitrogen and oxygen atoms in total. The number of ether oxygens (including phenoxy) is 1. The first kappa shape index (κ1) is 21.9. The Labute approximate surface area is 189 Å². The standard InChI is InChI=1S/C25H30N4O3/c1-4-15-29(22-10-6-5-8-18(22)2)24(30)20-9-7-16-28(17-20)25-26-23(27-32-25)19-11-13-21(31-3)14-12-19/h5-6,8,10-14,20H,4,7,9,15-17H2,1-3H3/t20-/m0/s1. The average Bonchev–Trinajstić information content (AvgIpc) is 3.33. The molecule has 0 unspecified atom stereocenters. The number of amides is 1. The zero-order valence-corrected chi connectivity index (χ0v) is 19.0. The van der Waals surface area contributed by atoms with Crippen LogP contribution in [0.3, 0.4) is 0 Å². The van der Waals surface area contributed by atoms with Gasteiger partial charge in [-0.2, -0.15) is 4.98 Å². The second-order valence-corrected chi connectivity index (χ2v) is 8.19. The highest BCUT2D eigenvalue weighted by Crippen LogP contribution is 2.29. The van der Waals surface area contributed by atoms with Gasteiger partial charge in [0.15, 0.2) is 0 Å². The van der Waals surface area contributed by atoms with Crippen molar-refractivity contribution >= 4 is 17.6 Å². The van der Waals surface area contributed by atoms with Gasteiger partial charge >= 0.3 is 6.01 Å². The van der Waals surface area contributed by atoms with Crippen molar-refractivity contribution in [3.05, 3.63) is 54.1 Å². The number of piperidine rings is 1. The minimum Gasteiger partial charge on any atom is -0.497 e. The van der Waals surface area contributed by atoms with Crippen LogP contribution in [-0.2, 0) is 4.79 Å². The molecule has 4 rings (SSSR count). The van der Waals surface area contributed by atoms with Crippen LogP contribution in [0.25, 0.3) is 11.4 Å². The molecule has 0 radical (unpaired) electrons. The molecule has 2 aromatic carbocycles. The first-order valence-electron chi connectivity index (χ1n) is 11.2. The van der Waals surface area contributed by atoms with Gasteiger partial charge < -0.3 is 19.1 Å². The minimum atomic E-state index is -0.105. The predicted molar refractivity (Wildman–Crippen MR) is 125 cm³/mol. The van der Waals surface area contributed by atoms with Gasteiger partial charge in [-0.15, -0.1) is 0 Å². The van der Waals surface area contributed by atoms with Gasteiger partial charge in [0, 0.05) is 30.9 Å². The van der Waals surface area contributed by atoms with E-state index in [1.807, 2.05) is 52.3 Å². The summed E-state index contributed by atoms with van der Waals surface area (Å²) in [7, 11) is 1.64. The predicted octanol–water partition coefficient (Wildman–Crippen LogP) is 4.71. The fourth-order valence-electron chi connectivity index (χ4n) is 4.21. The monoisotopic (exact) mass is 434 g/mol. The number of methoxy groups -OCH3 is 1. The van der Waals surface area contributed by atoms with E-state index in [4.69, 9.17) is 9.26 Å². The number of aromatic nitrogens is 2. The van der Waals surface area contributed by atoms with Gasteiger partial charge in [0.2, 0.25) is 11.7 Å². The fourth-order valence-corrected chi connectivity index (χ4v) is 4.21. The van der Waals surface area contributed by atoms with Crippen molar-refractivity contribution < 1.29 is 14.1 Å². The maximum atomic E-state index is 13.5. The summed E-state index contributed by atoms with van der Waals surface area (Å²) < 4.78 is 10.8. The molecule has 1 aliphatic rings. The molecule has 0 bridgehead atoms. The van der Waals surface area contributed by atoms with Crippen LogP contribution in [0.2, 0.25) is 0 Å². The van der Waals surface area contributed by atoms with Crippen molar-refractivity contribution in [2.45, 2.75) is 33.1 Å². The Morgan fingerprint density at radius 1 is 1.22 bits per heavy atom. The second-order valence-electron chi connectivity index (χ2n) is 8.19. The van der Waals surface area contributed by atoms with Gasteiger partial charge in [0.1, 0.15) is 5.75 Å². The van der Waals surface area contributed by atoms with E-state index in [2.05, 4.69) is 30.1 Å². The third kappa shape index (κ3) is 4.61. The third-order valence-electron chi connectivity index (χ3n) is 5.92. The quantitative estimate of drug-likeness (QED) is 0.536. The number of carbonyl (C=O) groups is 1. The number of anilines is 2. The van der Waals surface area contributed by atoms with Gasteiger partial charge in [-0.1, -0.05) is 30.3 Å². The molecule has 1 atom stereocenters. The van der Waals surface area contributed by atoms with Gasteiger partial charge in [0.05, 0.1) is 13.0 Å². The lowest BCUT2D eigenvalue weighted by atomic mass is 9.96. The molecule has 1 amide bonds. The summed E-state index contributed by atoms with van der Waals surface area (Å²) in [4.78, 5) is 22.1. The summed E-state index contributed by atoms with van der Waals surface area (Å²) in [6.07, 6.45) is 2.68. The van der Waals surface area contributed by atoms with E-state index in [0.29, 0.717) is 24.9 Å². The lowest BCUT2D eigenvalue weighted by Crippen LogP contribution is -2.45. The Bertz CT molecular complexity index is 1050. The van der Waals surface area contributed by atoms with Crippen LogP contribution in [0.4, 0.5) is 11.7 Å². The van der Waals surface area contributed by atoms with E-state index in [1.165, 1.54) is 0 Å². The maximum absolute atomic E-state index is 13.5. The topological polar surface area (TPSA) is 71.7 Å². The Balaban J connectivity index is 1.49. The average molecular weight is 435 g/mol. The second kappa shape index (κ2) is 9.85. The molecule has 7 heteroatoms. The molecule has 32 heavy (non-hydrogen) atoms. The number of nitrogens with zero attached hydrogens (tertiary/aromatic N) is 4. The van der Waals surface area contributed by atoms with Crippen molar-refractivity contribution in [3.63, 3.8) is 0 Å². The Kier molecular flexibility index (Phi) is 6.73. The maximum Gasteiger partial charge on any atom is 0.324 e. The molecule has 0 saturated carbocycles. The summed E-state index contributed by atoms with van der Waals surface area (Å²) in [6.45, 7) is 6.24. The van der Waals surface area contributed by atoms with Crippen LogP contribution in [-0.4, -0.2) is 42.8 Å². The Morgan fingerprint density at radius 3 is 2.72 bits per heavy atom. The van der Waals surface area contributed by atoms with Crippen molar-refractivity contribution in [1.82, 2.24) is 10.1 Å². The van der Waals surface area contributed by atoms with Crippen LogP contribution in [0.5, 0.6) is 5.75 Å². The third-order valence-corrected chi connectivity index (χ3v) is 5.92. The lowest BCUT2D eigenvalue weighted by Gasteiger charge is -2.34. The Morgan fingerprint density at radius 2 is 2.00 bits per heavy atom. The first-order valence-corrected chi connectivity index (χ1v) is 11.2. The zero-order valence-electron chi connectivity index (χ0n) is 19.0. The van der Waals surface area contributed by atoms with Crippen molar-refractivity contribution in [2.75, 3.05) is 36.5 Å². The van der Waals surface area contributed by atoms with Gasteiger partial charge in [-0.25, -0.2) is 0 Å². The summed E-state index contributed by atoms with van der Waals surface area (Å²) in [5.41, 5.74) is 2.97. The first-order chi connectivity index (χ1) is 15.6. The number of hydrogen-bond acceptors (Lipinski definition) is 6. The molecule has 1 aromatic heterocycles. The van der Waals surface area contributed by atoms with Crippen molar-refractivity contribution in [1.29, 1.82) is 0 Å². The minimum absolute atomic E-state index is 0.105. The highest BCUT2D eigenvalue weighted by atomic mass is 16.5. The van der Waals surface area contributed by atoms with Crippen LogP contribution in [0, 0.1) is 12.8 Å². The SMILES string of the molecule is CCCN(C(=O)[C@H]1CCCN(c2nc(-c3ccc(OC)cc3)no2)C1)c1ccccc1C. The summed E-state index contributed by atoms with van der Waals surface area (Å²) in [6, 6.07) is 16.1. The van der Waals surface area contributed by atoms with Gasteiger partial charge in [0.25, 0.3) is 0 Å². The molecule has 168 valence electrons. The Hall–Kier alpha value is -3.35. The van der Waals surface area contributed by atoms with Crippen molar-refractivity contribution in [2.24, 2.45) is 5.92 Å². The van der Waals surface area contributed by atoms with Crippen molar-refractivity contribution in [3.8, 4) is 17.1 Å². The highest BCUT2D eigenvalue weighted by molar-refractivity contribution is 5.96. The van der Waals surface area contributed by atoms with Gasteiger partial charge in [-0.05, 0) is 62.1 Å². The van der Waals surface area contributed by atoms with Crippen LogP contribution >= 0.6 is 0 Å². The van der Waals surface area contributed by atoms with E-state index >= 15 is 0 Å². The number of aryl methyl sites for hydroxylation is 1. The number of rotatable bonds is 7. The molecule has 1 aliphatic heterocycles. The number of para-hydroxylation sites is 1. The van der Waals surface area contributed by atoms with E-state index in [-0.39, 0.29) is 11.8 Å². The molecule has 3 aromatic rings. The molecule has 1 fully saturated rings. The summed E-state index contributed by atoms with van der Waals surface area (Å²) in [5, 5.41) is 4.15. The lowest BCUT2D eigenvalue weighted by molar-refractivity contribution is -0.122. The van der Waals surface area contributed by atoms with Crippen LogP contribution in [0.1, 0.15) is 31.7 Å². The molecule has 2 heterocycles. The summed E-state index contributed by atoms with van der Waals surface area (Å²) >= 11 is 0. The molecular weight excluding hydrogens is 404 g/mol. The number of benzene rings is 2. The number of carbonyl (C=O) groups excluding carboxylic acids is 1. The van der Waals surface area contributed by atoms with Crippen LogP contribution in [0.15, 0.2) is 53.1 Å². The zero-order chi connectivity index (χ0) is 22.5. The highest BCUT2D eigenvalue weighted by Gasteiger charge is 2.32. The number of hydrogen-bond donors (Lipinski definition) is 0.